The van der Waals surface area contributed by atoms with Crippen molar-refractivity contribution in [3.63, 3.8) is 0 Å². The van der Waals surface area contributed by atoms with E-state index >= 15 is 0 Å². The molecule has 0 N–H and O–H groups in total. The van der Waals surface area contributed by atoms with Gasteiger partial charge in [-0.15, -0.1) is 11.3 Å². The topological polar surface area (TPSA) is 57.7 Å². The van der Waals surface area contributed by atoms with Crippen LogP contribution in [-0.2, 0) is 27.6 Å². The third kappa shape index (κ3) is 3.99. The molecule has 3 aliphatic rings. The molecule has 5 nitrogen and oxygen atoms in total. The van der Waals surface area contributed by atoms with Gasteiger partial charge in [0.05, 0.1) is 18.1 Å². The molecule has 7 heteroatoms. The van der Waals surface area contributed by atoms with E-state index in [1.807, 2.05) is 4.90 Å². The van der Waals surface area contributed by atoms with Gasteiger partial charge >= 0.3 is 0 Å². The fourth-order valence-corrected chi connectivity index (χ4v) is 7.38. The molecule has 0 spiro atoms. The van der Waals surface area contributed by atoms with Gasteiger partial charge in [0.25, 0.3) is 0 Å². The van der Waals surface area contributed by atoms with Crippen LogP contribution in [0, 0.1) is 0 Å². The second kappa shape index (κ2) is 7.60. The first-order valence-corrected chi connectivity index (χ1v) is 12.5. The van der Waals surface area contributed by atoms with Crippen LogP contribution >= 0.6 is 11.3 Å². The van der Waals surface area contributed by atoms with E-state index in [1.165, 1.54) is 16.9 Å². The number of thiophene rings is 1. The zero-order valence-electron chi connectivity index (χ0n) is 15.2. The van der Waals surface area contributed by atoms with Crippen LogP contribution in [0.3, 0.4) is 0 Å². The van der Waals surface area contributed by atoms with Gasteiger partial charge in [0.1, 0.15) is 0 Å². The minimum absolute atomic E-state index is 0.114. The van der Waals surface area contributed by atoms with Crippen molar-refractivity contribution in [2.24, 2.45) is 0 Å². The van der Waals surface area contributed by atoms with Crippen LogP contribution in [0.15, 0.2) is 11.4 Å². The lowest BCUT2D eigenvalue weighted by atomic mass is 9.92. The predicted octanol–water partition coefficient (Wildman–Crippen LogP) is 2.45. The van der Waals surface area contributed by atoms with E-state index in [9.17, 15) is 13.2 Å². The van der Waals surface area contributed by atoms with E-state index in [4.69, 9.17) is 0 Å². The minimum Gasteiger partial charge on any atom is -0.335 e. The summed E-state index contributed by atoms with van der Waals surface area (Å²) < 4.78 is 24.0. The number of nitrogens with zero attached hydrogens (tertiary/aromatic N) is 2. The molecule has 1 atom stereocenters. The number of sulfone groups is 1. The van der Waals surface area contributed by atoms with Crippen LogP contribution in [0.5, 0.6) is 0 Å². The first-order chi connectivity index (χ1) is 12.5. The Kier molecular flexibility index (Phi) is 5.39. The van der Waals surface area contributed by atoms with Gasteiger partial charge in [-0.3, -0.25) is 9.69 Å². The Hall–Kier alpha value is -0.920. The highest BCUT2D eigenvalue weighted by molar-refractivity contribution is 7.91. The fourth-order valence-electron chi connectivity index (χ4n) is 4.77. The summed E-state index contributed by atoms with van der Waals surface area (Å²) >= 11 is 1.81. The molecule has 0 bridgehead atoms. The van der Waals surface area contributed by atoms with Gasteiger partial charge in [-0.1, -0.05) is 19.3 Å². The Labute approximate surface area is 160 Å². The molecule has 26 heavy (non-hydrogen) atoms. The van der Waals surface area contributed by atoms with Crippen LogP contribution in [0.2, 0.25) is 0 Å². The Morgan fingerprint density at radius 2 is 2.00 bits per heavy atom. The molecule has 3 heterocycles. The second-order valence-corrected chi connectivity index (χ2v) is 11.2. The molecule has 0 radical (unpaired) electrons. The largest absolute Gasteiger partial charge is 0.335 e. The van der Waals surface area contributed by atoms with Gasteiger partial charge < -0.3 is 4.90 Å². The first-order valence-electron chi connectivity index (χ1n) is 9.81. The van der Waals surface area contributed by atoms with Crippen molar-refractivity contribution in [3.05, 3.63) is 21.9 Å². The summed E-state index contributed by atoms with van der Waals surface area (Å²) in [6, 6.07) is 2.28. The van der Waals surface area contributed by atoms with Gasteiger partial charge in [0, 0.05) is 30.1 Å². The van der Waals surface area contributed by atoms with E-state index < -0.39 is 9.84 Å². The Bertz CT molecular complexity index is 753. The van der Waals surface area contributed by atoms with Crippen molar-refractivity contribution in [1.82, 2.24) is 9.80 Å². The fraction of sp³-hybridized carbons (Fsp3) is 0.737. The summed E-state index contributed by atoms with van der Waals surface area (Å²) in [7, 11) is -2.98. The van der Waals surface area contributed by atoms with Gasteiger partial charge in [-0.05, 0) is 42.7 Å². The normalized spacial score (nSPS) is 26.5. The van der Waals surface area contributed by atoms with E-state index in [1.54, 1.807) is 11.3 Å². The average Bonchev–Trinajstić information content (AvgIpc) is 3.22. The summed E-state index contributed by atoms with van der Waals surface area (Å²) in [6.07, 6.45) is 7.20. The molecule has 1 amide bonds. The predicted molar refractivity (Wildman–Crippen MR) is 104 cm³/mol. The molecule has 4 rings (SSSR count). The summed E-state index contributed by atoms with van der Waals surface area (Å²) in [5, 5.41) is 2.13. The van der Waals surface area contributed by atoms with Gasteiger partial charge in [-0.25, -0.2) is 8.42 Å². The Morgan fingerprint density at radius 3 is 2.73 bits per heavy atom. The number of rotatable bonds is 4. The van der Waals surface area contributed by atoms with Crippen molar-refractivity contribution in [2.45, 2.75) is 63.6 Å². The van der Waals surface area contributed by atoms with Crippen molar-refractivity contribution in [2.75, 3.05) is 24.6 Å². The molecule has 1 saturated heterocycles. The maximum Gasteiger partial charge on any atom is 0.237 e. The molecule has 144 valence electrons. The molecule has 2 fully saturated rings. The maximum atomic E-state index is 13.3. The van der Waals surface area contributed by atoms with Crippen molar-refractivity contribution >= 4 is 27.1 Å². The first kappa shape index (κ1) is 18.4. The van der Waals surface area contributed by atoms with Crippen molar-refractivity contribution in [1.29, 1.82) is 0 Å². The molecule has 1 aromatic rings. The van der Waals surface area contributed by atoms with Crippen molar-refractivity contribution < 1.29 is 13.2 Å². The Morgan fingerprint density at radius 1 is 1.19 bits per heavy atom. The molecule has 1 aliphatic carbocycles. The van der Waals surface area contributed by atoms with Crippen LogP contribution in [0.1, 0.15) is 49.0 Å². The molecule has 2 aliphatic heterocycles. The summed E-state index contributed by atoms with van der Waals surface area (Å²) in [6.45, 7) is 2.18. The molecular weight excluding hydrogens is 368 g/mol. The highest BCUT2D eigenvalue weighted by atomic mass is 32.2. The Balaban J connectivity index is 1.47. The lowest BCUT2D eigenvalue weighted by Gasteiger charge is -2.39. The summed E-state index contributed by atoms with van der Waals surface area (Å²) in [4.78, 5) is 18.9. The highest BCUT2D eigenvalue weighted by Gasteiger charge is 2.39. The van der Waals surface area contributed by atoms with Gasteiger partial charge in [-0.2, -0.15) is 0 Å². The maximum absolute atomic E-state index is 13.3. The summed E-state index contributed by atoms with van der Waals surface area (Å²) in [5.41, 5.74) is 1.35. The van der Waals surface area contributed by atoms with Crippen LogP contribution < -0.4 is 0 Å². The number of fused-ring (bicyclic) bond motifs is 1. The van der Waals surface area contributed by atoms with Gasteiger partial charge in [0.15, 0.2) is 9.84 Å². The number of carbonyl (C=O) groups excluding carboxylic acids is 1. The van der Waals surface area contributed by atoms with E-state index in [0.717, 1.165) is 45.2 Å². The monoisotopic (exact) mass is 396 g/mol. The van der Waals surface area contributed by atoms with E-state index in [0.29, 0.717) is 13.0 Å². The minimum atomic E-state index is -2.98. The number of amides is 1. The van der Waals surface area contributed by atoms with E-state index in [2.05, 4.69) is 16.3 Å². The molecule has 1 unspecified atom stereocenters. The van der Waals surface area contributed by atoms with Gasteiger partial charge in [0.2, 0.25) is 5.91 Å². The number of hydrogen-bond donors (Lipinski definition) is 0. The average molecular weight is 397 g/mol. The summed E-state index contributed by atoms with van der Waals surface area (Å²) in [5.74, 6) is 0.526. The van der Waals surface area contributed by atoms with Crippen LogP contribution in [-0.4, -0.2) is 60.8 Å². The zero-order valence-corrected chi connectivity index (χ0v) is 16.9. The molecule has 1 saturated carbocycles. The molecular formula is C19H28N2O3S2. The lowest BCUT2D eigenvalue weighted by molar-refractivity contribution is -0.138. The van der Waals surface area contributed by atoms with Crippen LogP contribution in [0.25, 0.3) is 0 Å². The lowest BCUT2D eigenvalue weighted by Crippen LogP contribution is -2.52. The standard InChI is InChI=1S/C19H28N2O3S2/c22-19(13-20-9-6-18-15(12-20)7-10-25-18)21(16-4-2-1-3-5-16)17-8-11-26(23,24)14-17/h7,10,16-17H,1-6,8-9,11-14H2. The van der Waals surface area contributed by atoms with E-state index in [-0.39, 0.29) is 29.5 Å². The third-order valence-electron chi connectivity index (χ3n) is 6.10. The molecule has 1 aromatic heterocycles. The second-order valence-electron chi connectivity index (χ2n) is 7.98. The quantitative estimate of drug-likeness (QED) is 0.784. The smallest absolute Gasteiger partial charge is 0.237 e. The molecule has 0 aromatic carbocycles. The third-order valence-corrected chi connectivity index (χ3v) is 8.88. The SMILES string of the molecule is O=C(CN1CCc2sccc2C1)N(C1CCCCC1)C1CCS(=O)(=O)C1. The zero-order chi connectivity index (χ0) is 18.1. The van der Waals surface area contributed by atoms with Crippen LogP contribution in [0.4, 0.5) is 0 Å². The highest BCUT2D eigenvalue weighted by Crippen LogP contribution is 2.29. The van der Waals surface area contributed by atoms with Crippen molar-refractivity contribution in [3.8, 4) is 0 Å². The number of carbonyl (C=O) groups is 1. The number of hydrogen-bond acceptors (Lipinski definition) is 5.